The molecule has 0 heterocycles. The first-order valence-electron chi connectivity index (χ1n) is 27.3. The molecule has 20 heteroatoms. The Morgan fingerprint density at radius 3 is 1.29 bits per heavy atom. The maximum Gasteiger partial charge on any atom is 0.326 e. The Morgan fingerprint density at radius 2 is 0.882 bits per heavy atom. The Bertz CT molecular complexity index is 1730. The van der Waals surface area contributed by atoms with Crippen molar-refractivity contribution in [3.63, 3.8) is 0 Å². The molecule has 440 valence electrons. The fraction of sp³-hybridized carbons (Fsp3) is 0.750. The van der Waals surface area contributed by atoms with Gasteiger partial charge >= 0.3 is 16.4 Å². The van der Waals surface area contributed by atoms with Crippen molar-refractivity contribution >= 4 is 33.8 Å². The van der Waals surface area contributed by atoms with E-state index >= 15 is 0 Å². The van der Waals surface area contributed by atoms with Gasteiger partial charge in [0.2, 0.25) is 0 Å². The van der Waals surface area contributed by atoms with Crippen molar-refractivity contribution in [1.82, 2.24) is 0 Å². The number of rotatable bonds is 46. The standard InChI is InChI=1S/C26H46O8Si2.C16H24O3.C14H34O5Si2/c1-22-18-23(2)26(24(3)19-22)34-21-25(30-5)20-33-11-9-17-36(28)35(27)16-8-6-7-10-31-14-15-32-13-12-29-4;1-6-7-18-10-15(17-5)11-19-16-13(3)8-12(2)9-14(16)4;1-15-8-9-17-12-13-18-11-10-16-7-6-14-21(4,5)19-20(2)3/h18-19,25H,6-17,20-21H2,1-5H3;6,8-9,15H,1,7,10-11H2,2-5H3;20H,6-14H2,1-5H3. The first-order chi connectivity index (χ1) is 36.4. The van der Waals surface area contributed by atoms with Crippen LogP contribution < -0.4 is 9.47 Å². The largest absolute Gasteiger partial charge is 0.490 e. The zero-order chi connectivity index (χ0) is 56.8. The average molecular weight is 1150 g/mol. The fourth-order valence-electron chi connectivity index (χ4n) is 7.73. The van der Waals surface area contributed by atoms with Crippen LogP contribution in [0.5, 0.6) is 11.5 Å². The van der Waals surface area contributed by atoms with Crippen LogP contribution in [0.1, 0.15) is 65.5 Å². The van der Waals surface area contributed by atoms with E-state index in [1.54, 1.807) is 34.5 Å². The highest BCUT2D eigenvalue weighted by molar-refractivity contribution is 7.07. The van der Waals surface area contributed by atoms with Crippen molar-refractivity contribution < 1.29 is 74.6 Å². The molecule has 0 saturated heterocycles. The van der Waals surface area contributed by atoms with Crippen LogP contribution >= 0.6 is 0 Å². The fourth-order valence-corrected chi connectivity index (χ4v) is 18.6. The predicted octanol–water partition coefficient (Wildman–Crippen LogP) is 9.67. The van der Waals surface area contributed by atoms with Crippen LogP contribution in [0.4, 0.5) is 0 Å². The smallest absolute Gasteiger partial charge is 0.326 e. The first-order valence-corrected chi connectivity index (χ1v) is 37.4. The molecule has 0 amide bonds. The molecule has 0 aliphatic carbocycles. The lowest BCUT2D eigenvalue weighted by Crippen LogP contribution is -2.35. The minimum absolute atomic E-state index is 0.0694. The monoisotopic (exact) mass is 1140 g/mol. The lowest BCUT2D eigenvalue weighted by Gasteiger charge is -2.25. The molecule has 2 aromatic rings. The number of benzene rings is 2. The van der Waals surface area contributed by atoms with Gasteiger partial charge in [0.1, 0.15) is 36.9 Å². The number of aryl methyl sites for hydroxylation is 6. The van der Waals surface area contributed by atoms with Gasteiger partial charge in [-0.2, -0.15) is 0 Å². The number of unbranched alkanes of at least 4 members (excludes halogenated alkanes) is 2. The molecule has 0 aromatic heterocycles. The Morgan fingerprint density at radius 1 is 0.500 bits per heavy atom. The number of hydrogen-bond donors (Lipinski definition) is 0. The van der Waals surface area contributed by atoms with E-state index in [1.165, 1.54) is 17.2 Å². The number of methoxy groups -OCH3 is 4. The van der Waals surface area contributed by atoms with Gasteiger partial charge in [-0.05, 0) is 134 Å². The van der Waals surface area contributed by atoms with Gasteiger partial charge < -0.3 is 74.6 Å². The van der Waals surface area contributed by atoms with Crippen molar-refractivity contribution in [3.05, 3.63) is 70.3 Å². The molecule has 0 N–H and O–H groups in total. The summed E-state index contributed by atoms with van der Waals surface area (Å²) in [4.78, 5) is 0. The number of hydrogen-bond acceptors (Lipinski definition) is 16. The maximum absolute atomic E-state index is 12.3. The lowest BCUT2D eigenvalue weighted by molar-refractivity contribution is -0.0144. The van der Waals surface area contributed by atoms with E-state index in [2.05, 4.69) is 84.7 Å². The molecule has 0 spiro atoms. The van der Waals surface area contributed by atoms with Crippen LogP contribution in [-0.2, 0) is 65.1 Å². The van der Waals surface area contributed by atoms with Crippen LogP contribution in [0.2, 0.25) is 44.3 Å². The van der Waals surface area contributed by atoms with Gasteiger partial charge in [-0.25, -0.2) is 0 Å². The van der Waals surface area contributed by atoms with Gasteiger partial charge in [-0.1, -0.05) is 47.9 Å². The van der Waals surface area contributed by atoms with Crippen molar-refractivity contribution in [2.75, 3.05) is 147 Å². The molecule has 0 fully saturated rings. The van der Waals surface area contributed by atoms with Gasteiger partial charge in [-0.3, -0.25) is 0 Å². The van der Waals surface area contributed by atoms with Crippen molar-refractivity contribution in [1.29, 1.82) is 0 Å². The highest BCUT2D eigenvalue weighted by Crippen LogP contribution is 2.26. The Labute approximate surface area is 465 Å². The minimum atomic E-state index is -2.04. The highest BCUT2D eigenvalue weighted by Gasteiger charge is 2.23. The molecule has 16 nitrogen and oxygen atoms in total. The summed E-state index contributed by atoms with van der Waals surface area (Å²) in [6.45, 7) is 35.4. The van der Waals surface area contributed by atoms with E-state index in [4.69, 9.17) is 65.7 Å². The molecule has 2 rings (SSSR count). The molecule has 76 heavy (non-hydrogen) atoms. The summed E-state index contributed by atoms with van der Waals surface area (Å²) in [6, 6.07) is 10.7. The molecular weight excluding hydrogens is 1040 g/mol. The Kier molecular flexibility index (Phi) is 47.2. The van der Waals surface area contributed by atoms with E-state index in [-0.39, 0.29) is 12.2 Å². The summed E-state index contributed by atoms with van der Waals surface area (Å²) in [7, 11) is 0.220. The van der Waals surface area contributed by atoms with Crippen LogP contribution in [0.15, 0.2) is 36.9 Å². The molecule has 0 bridgehead atoms. The van der Waals surface area contributed by atoms with Crippen molar-refractivity contribution in [3.8, 4) is 11.5 Å². The lowest BCUT2D eigenvalue weighted by atomic mass is 10.1. The maximum atomic E-state index is 12.3. The summed E-state index contributed by atoms with van der Waals surface area (Å²) in [5.74, 6) is 1.83. The Hall–Kier alpha value is -2.23. The quantitative estimate of drug-likeness (QED) is 0.0349. The van der Waals surface area contributed by atoms with Gasteiger partial charge in [0.15, 0.2) is 17.4 Å². The van der Waals surface area contributed by atoms with Crippen molar-refractivity contribution in [2.24, 2.45) is 0 Å². The third-order valence-corrected chi connectivity index (χ3v) is 22.9. The summed E-state index contributed by atoms with van der Waals surface area (Å²) < 4.78 is 101. The van der Waals surface area contributed by atoms with E-state index in [9.17, 15) is 8.92 Å². The second-order valence-corrected chi connectivity index (χ2v) is 32.6. The van der Waals surface area contributed by atoms with Gasteiger partial charge in [-0.15, -0.1) is 6.58 Å². The molecule has 0 aliphatic rings. The van der Waals surface area contributed by atoms with Gasteiger partial charge in [0, 0.05) is 48.3 Å². The third-order valence-electron chi connectivity index (χ3n) is 11.3. The van der Waals surface area contributed by atoms with E-state index in [0.29, 0.717) is 131 Å². The van der Waals surface area contributed by atoms with Crippen LogP contribution in [-0.4, -0.2) is 193 Å². The van der Waals surface area contributed by atoms with E-state index < -0.39 is 33.8 Å². The molecule has 2 aromatic carbocycles. The van der Waals surface area contributed by atoms with Gasteiger partial charge in [0.05, 0.1) is 85.9 Å². The predicted molar refractivity (Wildman–Crippen MR) is 311 cm³/mol. The molecular formula is C56H104O16Si4. The topological polar surface area (TPSA) is 163 Å². The summed E-state index contributed by atoms with van der Waals surface area (Å²) >= 11 is 0. The van der Waals surface area contributed by atoms with Crippen LogP contribution in [0.25, 0.3) is 0 Å². The van der Waals surface area contributed by atoms with E-state index in [1.807, 2.05) is 13.8 Å². The number of ether oxygens (including phenoxy) is 13. The zero-order valence-electron chi connectivity index (χ0n) is 49.7. The zero-order valence-corrected chi connectivity index (χ0v) is 53.9. The van der Waals surface area contributed by atoms with Gasteiger partial charge in [0.25, 0.3) is 0 Å². The average Bonchev–Trinajstić information content (AvgIpc) is 3.36. The highest BCUT2D eigenvalue weighted by atomic mass is 29.2. The first kappa shape index (κ1) is 73.8. The molecule has 0 radical (unpaired) electrons. The molecule has 2 unspecified atom stereocenters. The van der Waals surface area contributed by atoms with Crippen LogP contribution in [0, 0.1) is 41.5 Å². The van der Waals surface area contributed by atoms with Crippen LogP contribution in [0.3, 0.4) is 0 Å². The molecule has 2 atom stereocenters. The minimum Gasteiger partial charge on any atom is -0.490 e. The SMILES string of the molecule is C=CCOCC(COc1c(C)cc(C)cc1C)OC.COCCOCCOCCCCC[Si](=O)[Si](=O)CCCOCC(COc1c(C)cc(C)cc1C)OC.COCCOCCOCCOCCC[Si](C)(C)O[SiH](C)C. The normalized spacial score (nSPS) is 12.1. The summed E-state index contributed by atoms with van der Waals surface area (Å²) in [5, 5.41) is 0. The Balaban J connectivity index is 0.00000120. The third kappa shape index (κ3) is 40.9. The second-order valence-electron chi connectivity index (χ2n) is 19.5. The van der Waals surface area contributed by atoms with Crippen molar-refractivity contribution in [2.45, 2.75) is 130 Å². The summed E-state index contributed by atoms with van der Waals surface area (Å²) in [5.41, 5.74) is 6.98. The molecule has 0 aliphatic heterocycles. The second kappa shape index (κ2) is 48.7. The van der Waals surface area contributed by atoms with E-state index in [0.717, 1.165) is 66.0 Å². The summed E-state index contributed by atoms with van der Waals surface area (Å²) in [6.07, 6.45) is 5.86. The molecule has 0 saturated carbocycles.